The van der Waals surface area contributed by atoms with Gasteiger partial charge < -0.3 is 5.32 Å². The second kappa shape index (κ2) is 7.38. The SMILES string of the molecule is CC(C)(CNC(=O)[C@@H]1CCCCn2nnnc21)N1CCc2ccccc2C1. The number of rotatable bonds is 4. The number of hydrogen-bond acceptors (Lipinski definition) is 5. The van der Waals surface area contributed by atoms with Gasteiger partial charge in [0.25, 0.3) is 0 Å². The van der Waals surface area contributed by atoms with Crippen LogP contribution in [0.5, 0.6) is 0 Å². The molecule has 0 aliphatic carbocycles. The van der Waals surface area contributed by atoms with E-state index in [0.29, 0.717) is 12.4 Å². The second-order valence-corrected chi connectivity index (χ2v) is 8.28. The molecule has 27 heavy (non-hydrogen) atoms. The van der Waals surface area contributed by atoms with Crippen LogP contribution in [0.25, 0.3) is 0 Å². The summed E-state index contributed by atoms with van der Waals surface area (Å²) < 4.78 is 1.78. The number of nitrogens with one attached hydrogen (secondary N) is 1. The van der Waals surface area contributed by atoms with Crippen molar-refractivity contribution in [3.8, 4) is 0 Å². The van der Waals surface area contributed by atoms with Crippen molar-refractivity contribution in [2.75, 3.05) is 13.1 Å². The van der Waals surface area contributed by atoms with Gasteiger partial charge in [-0.25, -0.2) is 4.68 Å². The Labute approximate surface area is 160 Å². The average molecular weight is 368 g/mol. The molecule has 1 N–H and O–H groups in total. The van der Waals surface area contributed by atoms with Crippen LogP contribution < -0.4 is 5.32 Å². The lowest BCUT2D eigenvalue weighted by Gasteiger charge is -2.41. The minimum Gasteiger partial charge on any atom is -0.354 e. The molecular formula is C20H28N6O. The van der Waals surface area contributed by atoms with Crippen molar-refractivity contribution < 1.29 is 4.79 Å². The summed E-state index contributed by atoms with van der Waals surface area (Å²) in [4.78, 5) is 15.4. The molecule has 0 saturated heterocycles. The number of aryl methyl sites for hydroxylation is 1. The predicted octanol–water partition coefficient (Wildman–Crippen LogP) is 1.89. The molecule has 0 unspecified atom stereocenters. The summed E-state index contributed by atoms with van der Waals surface area (Å²) >= 11 is 0. The van der Waals surface area contributed by atoms with E-state index in [1.807, 2.05) is 0 Å². The van der Waals surface area contributed by atoms with Crippen LogP contribution >= 0.6 is 0 Å². The van der Waals surface area contributed by atoms with E-state index in [2.05, 4.69) is 63.9 Å². The highest BCUT2D eigenvalue weighted by Gasteiger charge is 2.33. The van der Waals surface area contributed by atoms with Crippen molar-refractivity contribution in [2.45, 2.75) is 64.1 Å². The maximum absolute atomic E-state index is 12.9. The van der Waals surface area contributed by atoms with Gasteiger partial charge in [-0.05, 0) is 54.7 Å². The van der Waals surface area contributed by atoms with Gasteiger partial charge in [0, 0.05) is 31.7 Å². The Hall–Kier alpha value is -2.28. The standard InChI is InChI=1S/C20H28N6O/c1-20(2,25-12-10-15-7-3-4-8-16(15)13-25)14-21-19(27)17-9-5-6-11-26-18(17)22-23-24-26/h3-4,7-8,17H,5-6,9-14H2,1-2H3,(H,21,27)/t17-/m1/s1. The monoisotopic (exact) mass is 368 g/mol. The lowest BCUT2D eigenvalue weighted by molar-refractivity contribution is -0.123. The summed E-state index contributed by atoms with van der Waals surface area (Å²) in [5, 5.41) is 15.1. The topological polar surface area (TPSA) is 75.9 Å². The van der Waals surface area contributed by atoms with E-state index >= 15 is 0 Å². The maximum Gasteiger partial charge on any atom is 0.230 e. The number of amides is 1. The highest BCUT2D eigenvalue weighted by molar-refractivity contribution is 5.82. The van der Waals surface area contributed by atoms with Gasteiger partial charge in [-0.15, -0.1) is 5.10 Å². The van der Waals surface area contributed by atoms with Crippen molar-refractivity contribution >= 4 is 5.91 Å². The van der Waals surface area contributed by atoms with Crippen molar-refractivity contribution in [1.82, 2.24) is 30.4 Å². The molecule has 3 heterocycles. The predicted molar refractivity (Wildman–Crippen MR) is 102 cm³/mol. The first-order valence-electron chi connectivity index (χ1n) is 9.90. The summed E-state index contributed by atoms with van der Waals surface area (Å²) in [6.45, 7) is 7.77. The summed E-state index contributed by atoms with van der Waals surface area (Å²) in [5.74, 6) is 0.494. The van der Waals surface area contributed by atoms with Gasteiger partial charge in [0.15, 0.2) is 5.82 Å². The van der Waals surface area contributed by atoms with E-state index in [0.717, 1.165) is 45.3 Å². The quantitative estimate of drug-likeness (QED) is 0.892. The third kappa shape index (κ3) is 3.74. The van der Waals surface area contributed by atoms with Gasteiger partial charge in [0.2, 0.25) is 5.91 Å². The molecule has 0 bridgehead atoms. The minimum absolute atomic E-state index is 0.0402. The van der Waals surface area contributed by atoms with Gasteiger partial charge in [-0.1, -0.05) is 30.7 Å². The van der Waals surface area contributed by atoms with Crippen LogP contribution in [0.2, 0.25) is 0 Å². The molecule has 4 rings (SSSR count). The second-order valence-electron chi connectivity index (χ2n) is 8.28. The number of carbonyl (C=O) groups is 1. The molecule has 2 aromatic rings. The Bertz CT molecular complexity index is 814. The minimum atomic E-state index is -0.250. The highest BCUT2D eigenvalue weighted by Crippen LogP contribution is 2.26. The Kier molecular flexibility index (Phi) is 4.95. The fourth-order valence-electron chi connectivity index (χ4n) is 4.16. The molecule has 0 spiro atoms. The molecule has 1 aromatic carbocycles. The van der Waals surface area contributed by atoms with Crippen LogP contribution in [-0.4, -0.2) is 49.6 Å². The summed E-state index contributed by atoms with van der Waals surface area (Å²) in [6.07, 6.45) is 3.89. The van der Waals surface area contributed by atoms with E-state index in [9.17, 15) is 4.79 Å². The Balaban J connectivity index is 1.40. The fraction of sp³-hybridized carbons (Fsp3) is 0.600. The lowest BCUT2D eigenvalue weighted by Crippen LogP contribution is -2.53. The molecule has 1 amide bonds. The van der Waals surface area contributed by atoms with E-state index < -0.39 is 0 Å². The van der Waals surface area contributed by atoms with Crippen molar-refractivity contribution in [2.24, 2.45) is 0 Å². The van der Waals surface area contributed by atoms with Gasteiger partial charge in [0.05, 0.1) is 5.92 Å². The number of benzene rings is 1. The molecule has 144 valence electrons. The van der Waals surface area contributed by atoms with Gasteiger partial charge in [-0.3, -0.25) is 9.69 Å². The average Bonchev–Trinajstić information content (AvgIpc) is 3.05. The molecule has 7 heteroatoms. The molecule has 2 aliphatic rings. The van der Waals surface area contributed by atoms with Crippen LogP contribution in [0, 0.1) is 0 Å². The summed E-state index contributed by atoms with van der Waals surface area (Å²) in [5.41, 5.74) is 2.73. The summed E-state index contributed by atoms with van der Waals surface area (Å²) in [6, 6.07) is 8.65. The van der Waals surface area contributed by atoms with E-state index in [1.165, 1.54) is 11.1 Å². The molecule has 0 fully saturated rings. The maximum atomic E-state index is 12.9. The molecule has 1 aromatic heterocycles. The largest absolute Gasteiger partial charge is 0.354 e. The smallest absolute Gasteiger partial charge is 0.230 e. The van der Waals surface area contributed by atoms with Crippen LogP contribution in [0.15, 0.2) is 24.3 Å². The van der Waals surface area contributed by atoms with Crippen LogP contribution in [0.4, 0.5) is 0 Å². The third-order valence-electron chi connectivity index (χ3n) is 5.98. The van der Waals surface area contributed by atoms with E-state index in [4.69, 9.17) is 0 Å². The third-order valence-corrected chi connectivity index (χ3v) is 5.98. The highest BCUT2D eigenvalue weighted by atomic mass is 16.2. The number of nitrogens with zero attached hydrogens (tertiary/aromatic N) is 5. The number of hydrogen-bond donors (Lipinski definition) is 1. The zero-order valence-electron chi connectivity index (χ0n) is 16.2. The van der Waals surface area contributed by atoms with Gasteiger partial charge in [-0.2, -0.15) is 0 Å². The number of tetrazole rings is 1. The first-order valence-corrected chi connectivity index (χ1v) is 9.90. The van der Waals surface area contributed by atoms with Crippen molar-refractivity contribution in [3.05, 3.63) is 41.2 Å². The number of carbonyl (C=O) groups excluding carboxylic acids is 1. The van der Waals surface area contributed by atoms with Gasteiger partial charge in [0.1, 0.15) is 0 Å². The Morgan fingerprint density at radius 1 is 1.22 bits per heavy atom. The first kappa shape index (κ1) is 18.1. The van der Waals surface area contributed by atoms with Crippen molar-refractivity contribution in [3.63, 3.8) is 0 Å². The van der Waals surface area contributed by atoms with Crippen LogP contribution in [0.3, 0.4) is 0 Å². The van der Waals surface area contributed by atoms with Crippen LogP contribution in [0.1, 0.15) is 56.0 Å². The van der Waals surface area contributed by atoms with E-state index in [1.54, 1.807) is 4.68 Å². The number of aromatic nitrogens is 4. The van der Waals surface area contributed by atoms with Crippen molar-refractivity contribution in [1.29, 1.82) is 0 Å². The molecular weight excluding hydrogens is 340 g/mol. The normalized spacial score (nSPS) is 20.4. The molecule has 0 radical (unpaired) electrons. The zero-order valence-corrected chi connectivity index (χ0v) is 16.2. The zero-order chi connectivity index (χ0) is 18.9. The summed E-state index contributed by atoms with van der Waals surface area (Å²) in [7, 11) is 0. The van der Waals surface area contributed by atoms with E-state index in [-0.39, 0.29) is 17.4 Å². The fourth-order valence-corrected chi connectivity index (χ4v) is 4.16. The molecule has 2 aliphatic heterocycles. The van der Waals surface area contributed by atoms with Gasteiger partial charge >= 0.3 is 0 Å². The molecule has 7 nitrogen and oxygen atoms in total. The Morgan fingerprint density at radius 2 is 2.04 bits per heavy atom. The number of fused-ring (bicyclic) bond motifs is 2. The molecule has 0 saturated carbocycles. The lowest BCUT2D eigenvalue weighted by atomic mass is 9.93. The molecule has 1 atom stereocenters. The van der Waals surface area contributed by atoms with Crippen LogP contribution in [-0.2, 0) is 24.3 Å². The Morgan fingerprint density at radius 3 is 2.89 bits per heavy atom. The first-order chi connectivity index (χ1) is 13.0.